The molecule has 1 unspecified atom stereocenters. The Morgan fingerprint density at radius 2 is 2.17 bits per heavy atom. The first-order chi connectivity index (χ1) is 8.42. The van der Waals surface area contributed by atoms with E-state index in [2.05, 4.69) is 5.32 Å². The van der Waals surface area contributed by atoms with Crippen LogP contribution >= 0.6 is 23.2 Å². The molecule has 0 bridgehead atoms. The number of benzene rings is 1. The highest BCUT2D eigenvalue weighted by molar-refractivity contribution is 6.36. The summed E-state index contributed by atoms with van der Waals surface area (Å²) in [5.41, 5.74) is 6.29. The molecule has 1 aliphatic heterocycles. The molecule has 1 heterocycles. The largest absolute Gasteiger partial charge is 0.379 e. The standard InChI is InChI=1S/C12H14Cl2N2O2/c1-7-4-9(14)10(5-8(7)13)16-11(17)12(15)2-3-18-6-12/h4-5H,2-3,6,15H2,1H3,(H,16,17). The number of anilines is 1. The maximum atomic E-state index is 12.1. The molecule has 4 nitrogen and oxygen atoms in total. The number of nitrogens with one attached hydrogen (secondary N) is 1. The summed E-state index contributed by atoms with van der Waals surface area (Å²) in [6, 6.07) is 3.32. The smallest absolute Gasteiger partial charge is 0.246 e. The van der Waals surface area contributed by atoms with Crippen molar-refractivity contribution in [2.75, 3.05) is 18.5 Å². The van der Waals surface area contributed by atoms with Crippen molar-refractivity contribution in [3.05, 3.63) is 27.7 Å². The van der Waals surface area contributed by atoms with Crippen molar-refractivity contribution in [3.8, 4) is 0 Å². The van der Waals surface area contributed by atoms with Crippen molar-refractivity contribution in [1.29, 1.82) is 0 Å². The Balaban J connectivity index is 2.19. The van der Waals surface area contributed by atoms with Gasteiger partial charge in [-0.3, -0.25) is 4.79 Å². The number of rotatable bonds is 2. The zero-order valence-electron chi connectivity index (χ0n) is 9.93. The fraction of sp³-hybridized carbons (Fsp3) is 0.417. The minimum atomic E-state index is -0.985. The van der Waals surface area contributed by atoms with Crippen LogP contribution < -0.4 is 11.1 Å². The lowest BCUT2D eigenvalue weighted by Crippen LogP contribution is -2.51. The molecule has 98 valence electrons. The monoisotopic (exact) mass is 288 g/mol. The van der Waals surface area contributed by atoms with Crippen molar-refractivity contribution < 1.29 is 9.53 Å². The first-order valence-electron chi connectivity index (χ1n) is 5.56. The van der Waals surface area contributed by atoms with Crippen molar-refractivity contribution in [2.45, 2.75) is 18.9 Å². The molecular formula is C12H14Cl2N2O2. The third-order valence-electron chi connectivity index (χ3n) is 3.00. The third-order valence-corrected chi connectivity index (χ3v) is 3.72. The van der Waals surface area contributed by atoms with Crippen molar-refractivity contribution in [2.24, 2.45) is 5.73 Å². The lowest BCUT2D eigenvalue weighted by atomic mass is 9.99. The average molecular weight is 289 g/mol. The predicted molar refractivity (Wildman–Crippen MR) is 72.2 cm³/mol. The summed E-state index contributed by atoms with van der Waals surface area (Å²) >= 11 is 12.0. The van der Waals surface area contributed by atoms with Crippen LogP contribution in [-0.4, -0.2) is 24.7 Å². The number of amides is 1. The van der Waals surface area contributed by atoms with Gasteiger partial charge in [0.25, 0.3) is 0 Å². The van der Waals surface area contributed by atoms with Crippen LogP contribution in [0.3, 0.4) is 0 Å². The molecule has 0 aromatic heterocycles. The van der Waals surface area contributed by atoms with Gasteiger partial charge in [-0.25, -0.2) is 0 Å². The molecule has 0 radical (unpaired) electrons. The molecule has 1 aromatic carbocycles. The van der Waals surface area contributed by atoms with Crippen LogP contribution in [0.5, 0.6) is 0 Å². The first-order valence-corrected chi connectivity index (χ1v) is 6.32. The molecule has 0 saturated carbocycles. The number of halogens is 2. The molecule has 1 aliphatic rings. The minimum absolute atomic E-state index is 0.218. The number of ether oxygens (including phenoxy) is 1. The van der Waals surface area contributed by atoms with E-state index in [1.54, 1.807) is 12.1 Å². The minimum Gasteiger partial charge on any atom is -0.379 e. The van der Waals surface area contributed by atoms with Crippen molar-refractivity contribution in [3.63, 3.8) is 0 Å². The van der Waals surface area contributed by atoms with Gasteiger partial charge in [0.1, 0.15) is 5.54 Å². The number of aryl methyl sites for hydroxylation is 1. The summed E-state index contributed by atoms with van der Waals surface area (Å²) in [7, 11) is 0. The van der Waals surface area contributed by atoms with E-state index in [4.69, 9.17) is 33.7 Å². The van der Waals surface area contributed by atoms with Crippen LogP contribution in [-0.2, 0) is 9.53 Å². The maximum absolute atomic E-state index is 12.1. The van der Waals surface area contributed by atoms with Gasteiger partial charge < -0.3 is 15.8 Å². The van der Waals surface area contributed by atoms with E-state index in [1.165, 1.54) is 0 Å². The second-order valence-electron chi connectivity index (χ2n) is 4.49. The fourth-order valence-corrected chi connectivity index (χ4v) is 2.18. The zero-order chi connectivity index (χ0) is 13.3. The molecule has 1 atom stereocenters. The lowest BCUT2D eigenvalue weighted by Gasteiger charge is -2.21. The quantitative estimate of drug-likeness (QED) is 0.878. The molecule has 18 heavy (non-hydrogen) atoms. The number of carbonyl (C=O) groups excluding carboxylic acids is 1. The summed E-state index contributed by atoms with van der Waals surface area (Å²) in [6.45, 7) is 2.55. The van der Waals surface area contributed by atoms with Gasteiger partial charge in [0, 0.05) is 11.6 Å². The van der Waals surface area contributed by atoms with Crippen LogP contribution in [0.2, 0.25) is 10.0 Å². The highest BCUT2D eigenvalue weighted by Gasteiger charge is 2.38. The lowest BCUT2D eigenvalue weighted by molar-refractivity contribution is -0.121. The third kappa shape index (κ3) is 2.62. The van der Waals surface area contributed by atoms with Gasteiger partial charge in [0.05, 0.1) is 17.3 Å². The molecule has 0 aliphatic carbocycles. The number of hydrogen-bond donors (Lipinski definition) is 2. The van der Waals surface area contributed by atoms with Crippen LogP contribution in [0, 0.1) is 6.92 Å². The Morgan fingerprint density at radius 1 is 1.44 bits per heavy atom. The fourth-order valence-electron chi connectivity index (χ4n) is 1.75. The second-order valence-corrected chi connectivity index (χ2v) is 5.31. The molecule has 0 spiro atoms. The molecule has 6 heteroatoms. The van der Waals surface area contributed by atoms with E-state index < -0.39 is 5.54 Å². The van der Waals surface area contributed by atoms with Gasteiger partial charge in [-0.1, -0.05) is 23.2 Å². The predicted octanol–water partition coefficient (Wildman–Crippen LogP) is 2.36. The Bertz CT molecular complexity index is 485. The number of hydrogen-bond acceptors (Lipinski definition) is 3. The summed E-state index contributed by atoms with van der Waals surface area (Å²) in [5, 5.41) is 3.68. The van der Waals surface area contributed by atoms with Gasteiger partial charge in [0.15, 0.2) is 0 Å². The van der Waals surface area contributed by atoms with E-state index in [0.717, 1.165) is 5.56 Å². The molecule has 1 fully saturated rings. The summed E-state index contributed by atoms with van der Waals surface area (Å²) in [5.74, 6) is -0.304. The van der Waals surface area contributed by atoms with E-state index >= 15 is 0 Å². The summed E-state index contributed by atoms with van der Waals surface area (Å²) in [6.07, 6.45) is 0.496. The highest BCUT2D eigenvalue weighted by atomic mass is 35.5. The van der Waals surface area contributed by atoms with E-state index in [9.17, 15) is 4.79 Å². The van der Waals surface area contributed by atoms with Gasteiger partial charge in [-0.05, 0) is 31.0 Å². The molecule has 2 rings (SSSR count). The topological polar surface area (TPSA) is 64.4 Å². The zero-order valence-corrected chi connectivity index (χ0v) is 11.4. The summed E-state index contributed by atoms with van der Waals surface area (Å²) < 4.78 is 5.15. The van der Waals surface area contributed by atoms with Crippen LogP contribution in [0.4, 0.5) is 5.69 Å². The van der Waals surface area contributed by atoms with Gasteiger partial charge in [0.2, 0.25) is 5.91 Å². The van der Waals surface area contributed by atoms with Crippen molar-refractivity contribution in [1.82, 2.24) is 0 Å². The van der Waals surface area contributed by atoms with Gasteiger partial charge in [-0.2, -0.15) is 0 Å². The van der Waals surface area contributed by atoms with E-state index in [0.29, 0.717) is 28.8 Å². The molecule has 1 amide bonds. The van der Waals surface area contributed by atoms with Crippen LogP contribution in [0.25, 0.3) is 0 Å². The Morgan fingerprint density at radius 3 is 2.78 bits per heavy atom. The number of carbonyl (C=O) groups is 1. The Kier molecular flexibility index (Phi) is 3.82. The van der Waals surface area contributed by atoms with Crippen LogP contribution in [0.15, 0.2) is 12.1 Å². The van der Waals surface area contributed by atoms with Crippen molar-refractivity contribution >= 4 is 34.8 Å². The SMILES string of the molecule is Cc1cc(Cl)c(NC(=O)C2(N)CCOC2)cc1Cl. The van der Waals surface area contributed by atoms with Gasteiger partial charge in [-0.15, -0.1) is 0 Å². The Hall–Kier alpha value is -0.810. The first kappa shape index (κ1) is 13.6. The summed E-state index contributed by atoms with van der Waals surface area (Å²) in [4.78, 5) is 12.1. The molecule has 3 N–H and O–H groups in total. The average Bonchev–Trinajstić information content (AvgIpc) is 2.74. The van der Waals surface area contributed by atoms with Crippen LogP contribution in [0.1, 0.15) is 12.0 Å². The molecule has 1 aromatic rings. The Labute approximate surface area is 115 Å². The molecular weight excluding hydrogens is 275 g/mol. The van der Waals surface area contributed by atoms with E-state index in [1.807, 2.05) is 6.92 Å². The normalized spacial score (nSPS) is 23.1. The highest BCUT2D eigenvalue weighted by Crippen LogP contribution is 2.29. The van der Waals surface area contributed by atoms with E-state index in [-0.39, 0.29) is 12.5 Å². The maximum Gasteiger partial charge on any atom is 0.246 e. The number of nitrogens with two attached hydrogens (primary N) is 1. The molecule has 1 saturated heterocycles. The van der Waals surface area contributed by atoms with Gasteiger partial charge >= 0.3 is 0 Å². The second kappa shape index (κ2) is 5.05.